The lowest BCUT2D eigenvalue weighted by Crippen LogP contribution is -2.52. The Labute approximate surface area is 125 Å². The Kier molecular flexibility index (Phi) is 3.51. The molecule has 2 saturated heterocycles. The van der Waals surface area contributed by atoms with Crippen LogP contribution in [-0.4, -0.2) is 29.6 Å². The number of halogens is 1. The number of cyclic esters (lactones) is 1. The monoisotopic (exact) mass is 293 g/mol. The van der Waals surface area contributed by atoms with Crippen LogP contribution in [0.2, 0.25) is 0 Å². The summed E-state index contributed by atoms with van der Waals surface area (Å²) in [5, 5.41) is 0. The number of carbonyl (C=O) groups excluding carboxylic acids is 1. The van der Waals surface area contributed by atoms with E-state index < -0.39 is 0 Å². The molecule has 20 heavy (non-hydrogen) atoms. The van der Waals surface area contributed by atoms with E-state index in [1.165, 1.54) is 11.1 Å². The van der Waals surface area contributed by atoms with Gasteiger partial charge in [0, 0.05) is 12.6 Å². The molecule has 4 heteroatoms. The number of esters is 1. The van der Waals surface area contributed by atoms with Gasteiger partial charge in [0.05, 0.1) is 12.0 Å². The van der Waals surface area contributed by atoms with Crippen molar-refractivity contribution in [1.29, 1.82) is 0 Å². The summed E-state index contributed by atoms with van der Waals surface area (Å²) < 4.78 is 5.46. The van der Waals surface area contributed by atoms with Gasteiger partial charge in [-0.2, -0.15) is 0 Å². The van der Waals surface area contributed by atoms with Crippen molar-refractivity contribution >= 4 is 18.4 Å². The fraction of sp³-hybridized carbons (Fsp3) is 0.562. The van der Waals surface area contributed by atoms with Gasteiger partial charge in [0.25, 0.3) is 0 Å². The largest absolute Gasteiger partial charge is 0.461 e. The summed E-state index contributed by atoms with van der Waals surface area (Å²) in [5.74, 6) is 0.131. The van der Waals surface area contributed by atoms with E-state index in [1.807, 2.05) is 6.92 Å². The molecule has 4 rings (SSSR count). The van der Waals surface area contributed by atoms with Crippen molar-refractivity contribution in [2.24, 2.45) is 5.92 Å². The van der Waals surface area contributed by atoms with Gasteiger partial charge in [-0.05, 0) is 37.3 Å². The van der Waals surface area contributed by atoms with Crippen LogP contribution < -0.4 is 0 Å². The van der Waals surface area contributed by atoms with Gasteiger partial charge < -0.3 is 4.74 Å². The van der Waals surface area contributed by atoms with Crippen LogP contribution in [0.4, 0.5) is 0 Å². The fourth-order valence-corrected chi connectivity index (χ4v) is 4.28. The van der Waals surface area contributed by atoms with Crippen molar-refractivity contribution < 1.29 is 9.53 Å². The predicted octanol–water partition coefficient (Wildman–Crippen LogP) is 2.73. The highest BCUT2D eigenvalue weighted by atomic mass is 35.5. The van der Waals surface area contributed by atoms with Crippen molar-refractivity contribution in [3.8, 4) is 0 Å². The number of hydrogen-bond donors (Lipinski definition) is 0. The average molecular weight is 294 g/mol. The SMILES string of the molecule is C[C@H]1OC(=O)C2CCC3c4ccccc4CCN3C21.Cl. The van der Waals surface area contributed by atoms with Gasteiger partial charge >= 0.3 is 5.97 Å². The zero-order chi connectivity index (χ0) is 13.0. The van der Waals surface area contributed by atoms with Crippen LogP contribution in [0.3, 0.4) is 0 Å². The second kappa shape index (κ2) is 5.05. The van der Waals surface area contributed by atoms with E-state index >= 15 is 0 Å². The number of carbonyl (C=O) groups is 1. The number of rotatable bonds is 0. The molecule has 3 unspecified atom stereocenters. The molecule has 108 valence electrons. The Morgan fingerprint density at radius 2 is 2.05 bits per heavy atom. The Morgan fingerprint density at radius 3 is 2.90 bits per heavy atom. The second-order valence-corrected chi connectivity index (χ2v) is 6.02. The van der Waals surface area contributed by atoms with E-state index in [4.69, 9.17) is 4.74 Å². The van der Waals surface area contributed by atoms with Gasteiger partial charge in [0.2, 0.25) is 0 Å². The third-order valence-electron chi connectivity index (χ3n) is 5.09. The van der Waals surface area contributed by atoms with Crippen LogP contribution in [-0.2, 0) is 16.0 Å². The minimum Gasteiger partial charge on any atom is -0.461 e. The molecular formula is C16H20ClNO2. The molecule has 0 aromatic heterocycles. The van der Waals surface area contributed by atoms with E-state index in [-0.39, 0.29) is 30.4 Å². The Bertz CT molecular complexity index is 533. The Balaban J connectivity index is 0.00000121. The highest BCUT2D eigenvalue weighted by Gasteiger charge is 2.51. The Hall–Kier alpha value is -1.06. The smallest absolute Gasteiger partial charge is 0.310 e. The molecule has 0 aliphatic carbocycles. The number of ether oxygens (including phenoxy) is 1. The second-order valence-electron chi connectivity index (χ2n) is 6.02. The number of benzene rings is 1. The maximum atomic E-state index is 11.9. The van der Waals surface area contributed by atoms with Crippen molar-refractivity contribution in [1.82, 2.24) is 4.90 Å². The molecule has 3 nitrogen and oxygen atoms in total. The molecule has 0 bridgehead atoms. The summed E-state index contributed by atoms with van der Waals surface area (Å²) in [5.41, 5.74) is 2.96. The third kappa shape index (κ3) is 1.87. The first-order valence-corrected chi connectivity index (χ1v) is 7.30. The molecule has 1 aromatic rings. The molecule has 0 saturated carbocycles. The first-order valence-electron chi connectivity index (χ1n) is 7.30. The molecule has 4 atom stereocenters. The molecule has 3 aliphatic heterocycles. The van der Waals surface area contributed by atoms with Crippen LogP contribution in [0, 0.1) is 5.92 Å². The van der Waals surface area contributed by atoms with E-state index in [0.717, 1.165) is 25.8 Å². The molecule has 0 spiro atoms. The Morgan fingerprint density at radius 1 is 1.25 bits per heavy atom. The van der Waals surface area contributed by atoms with Crippen LogP contribution in [0.25, 0.3) is 0 Å². The first-order chi connectivity index (χ1) is 9.25. The molecule has 0 N–H and O–H groups in total. The van der Waals surface area contributed by atoms with Crippen LogP contribution in [0.15, 0.2) is 24.3 Å². The number of piperidine rings is 1. The van der Waals surface area contributed by atoms with Crippen LogP contribution in [0.1, 0.15) is 36.9 Å². The maximum absolute atomic E-state index is 11.9. The van der Waals surface area contributed by atoms with Crippen molar-refractivity contribution in [3.63, 3.8) is 0 Å². The topological polar surface area (TPSA) is 29.5 Å². The van der Waals surface area contributed by atoms with E-state index in [2.05, 4.69) is 29.2 Å². The molecule has 3 aliphatic rings. The highest BCUT2D eigenvalue weighted by Crippen LogP contribution is 2.45. The summed E-state index contributed by atoms with van der Waals surface area (Å²) in [6.07, 6.45) is 3.20. The summed E-state index contributed by atoms with van der Waals surface area (Å²) in [6.45, 7) is 3.11. The quantitative estimate of drug-likeness (QED) is 0.689. The molecule has 0 amide bonds. The standard InChI is InChI=1S/C16H19NO2.ClH/c1-10-15-13(16(18)19-10)6-7-14-12-5-3-2-4-11(12)8-9-17(14)15;/h2-5,10,13-15H,6-9H2,1H3;1H/t10-,13?,14?,15?;/m1./s1. The van der Waals surface area contributed by atoms with Crippen molar-refractivity contribution in [3.05, 3.63) is 35.4 Å². The minimum absolute atomic E-state index is 0. The third-order valence-corrected chi connectivity index (χ3v) is 5.09. The average Bonchev–Trinajstić information content (AvgIpc) is 2.74. The van der Waals surface area contributed by atoms with Crippen LogP contribution in [0.5, 0.6) is 0 Å². The molecule has 0 radical (unpaired) electrons. The van der Waals surface area contributed by atoms with Crippen molar-refractivity contribution in [2.75, 3.05) is 6.54 Å². The lowest BCUT2D eigenvalue weighted by atomic mass is 9.79. The summed E-state index contributed by atoms with van der Waals surface area (Å²) in [6, 6.07) is 9.55. The fourth-order valence-electron chi connectivity index (χ4n) is 4.28. The molecule has 1 aromatic carbocycles. The van der Waals surface area contributed by atoms with E-state index in [9.17, 15) is 4.79 Å². The van der Waals surface area contributed by atoms with Gasteiger partial charge in [0.1, 0.15) is 6.10 Å². The first kappa shape index (κ1) is 13.9. The number of hydrogen-bond acceptors (Lipinski definition) is 3. The van der Waals surface area contributed by atoms with E-state index in [0.29, 0.717) is 12.1 Å². The van der Waals surface area contributed by atoms with Gasteiger partial charge in [-0.1, -0.05) is 24.3 Å². The predicted molar refractivity (Wildman–Crippen MR) is 78.9 cm³/mol. The summed E-state index contributed by atoms with van der Waals surface area (Å²) >= 11 is 0. The lowest BCUT2D eigenvalue weighted by Gasteiger charge is -2.46. The number of nitrogens with zero attached hydrogens (tertiary/aromatic N) is 1. The van der Waals surface area contributed by atoms with E-state index in [1.54, 1.807) is 0 Å². The number of fused-ring (bicyclic) bond motifs is 5. The molecular weight excluding hydrogens is 274 g/mol. The van der Waals surface area contributed by atoms with Gasteiger partial charge in [0.15, 0.2) is 0 Å². The zero-order valence-corrected chi connectivity index (χ0v) is 12.4. The zero-order valence-electron chi connectivity index (χ0n) is 11.6. The lowest BCUT2D eigenvalue weighted by molar-refractivity contribution is -0.144. The van der Waals surface area contributed by atoms with Gasteiger partial charge in [-0.3, -0.25) is 9.69 Å². The summed E-state index contributed by atoms with van der Waals surface area (Å²) in [7, 11) is 0. The highest BCUT2D eigenvalue weighted by molar-refractivity contribution is 5.85. The van der Waals surface area contributed by atoms with Gasteiger partial charge in [-0.25, -0.2) is 0 Å². The van der Waals surface area contributed by atoms with Crippen molar-refractivity contribution in [2.45, 2.75) is 44.4 Å². The molecule has 3 heterocycles. The molecule has 2 fully saturated rings. The maximum Gasteiger partial charge on any atom is 0.310 e. The summed E-state index contributed by atoms with van der Waals surface area (Å²) in [4.78, 5) is 14.4. The normalized spacial score (nSPS) is 35.4. The van der Waals surface area contributed by atoms with Gasteiger partial charge in [-0.15, -0.1) is 12.4 Å². The minimum atomic E-state index is 0. The van der Waals surface area contributed by atoms with Crippen LogP contribution >= 0.6 is 12.4 Å².